The van der Waals surface area contributed by atoms with Crippen LogP contribution in [-0.2, 0) is 17.4 Å². The predicted octanol–water partition coefficient (Wildman–Crippen LogP) is 7.11. The molecule has 277 valence electrons. The Hall–Kier alpha value is -6.81. The van der Waals surface area contributed by atoms with Crippen molar-refractivity contribution in [3.05, 3.63) is 159 Å². The van der Waals surface area contributed by atoms with E-state index in [4.69, 9.17) is 0 Å². The van der Waals surface area contributed by atoms with Gasteiger partial charge in [0, 0.05) is 35.8 Å². The van der Waals surface area contributed by atoms with Crippen LogP contribution in [0.2, 0.25) is 0 Å². The molecular formula is C35H32CrN10O8-. The van der Waals surface area contributed by atoms with Gasteiger partial charge in [-0.3, -0.25) is 25.0 Å². The molecule has 0 fully saturated rings. The number of benzene rings is 4. The quantitative estimate of drug-likeness (QED) is 0.0654. The Labute approximate surface area is 319 Å². The van der Waals surface area contributed by atoms with Crippen LogP contribution in [0.1, 0.15) is 17.0 Å². The van der Waals surface area contributed by atoms with Gasteiger partial charge in [0.25, 0.3) is 16.9 Å². The second-order valence-electron chi connectivity index (χ2n) is 10.5. The van der Waals surface area contributed by atoms with Gasteiger partial charge in [-0.25, -0.2) is 4.68 Å². The van der Waals surface area contributed by atoms with Crippen LogP contribution in [0.3, 0.4) is 0 Å². The van der Waals surface area contributed by atoms with E-state index >= 15 is 0 Å². The number of rotatable bonds is 8. The van der Waals surface area contributed by atoms with Gasteiger partial charge < -0.3 is 40.3 Å². The molecule has 6 rings (SSSR count). The van der Waals surface area contributed by atoms with Crippen LogP contribution >= 0.6 is 0 Å². The number of para-hydroxylation sites is 2. The summed E-state index contributed by atoms with van der Waals surface area (Å²) >= 11 is 0. The van der Waals surface area contributed by atoms with Crippen molar-refractivity contribution in [2.75, 3.05) is 0 Å². The Morgan fingerprint density at radius 3 is 1.76 bits per heavy atom. The van der Waals surface area contributed by atoms with Gasteiger partial charge in [0.15, 0.2) is 0 Å². The normalized spacial score (nSPS) is 10.3. The molecule has 0 unspecified atom stereocenters. The van der Waals surface area contributed by atoms with Gasteiger partial charge in [-0.2, -0.15) is 10.2 Å². The Morgan fingerprint density at radius 2 is 1.19 bits per heavy atom. The number of aromatic nitrogens is 4. The van der Waals surface area contributed by atoms with Crippen molar-refractivity contribution >= 4 is 34.1 Å². The molecule has 0 aliphatic rings. The van der Waals surface area contributed by atoms with E-state index in [1.54, 1.807) is 75.4 Å². The van der Waals surface area contributed by atoms with Crippen molar-refractivity contribution in [3.63, 3.8) is 0 Å². The number of aryl methyl sites for hydroxylation is 3. The van der Waals surface area contributed by atoms with Gasteiger partial charge in [0.1, 0.15) is 11.4 Å². The van der Waals surface area contributed by atoms with E-state index < -0.39 is 27.0 Å². The van der Waals surface area contributed by atoms with Gasteiger partial charge in [-0.1, -0.05) is 61.2 Å². The third kappa shape index (κ3) is 10.2. The first kappa shape index (κ1) is 45.2. The molecule has 0 aliphatic heterocycles. The maximum atomic E-state index is 12.5. The van der Waals surface area contributed by atoms with Crippen molar-refractivity contribution < 1.29 is 42.9 Å². The summed E-state index contributed by atoms with van der Waals surface area (Å²) in [5, 5.41) is 69.6. The molecule has 19 heteroatoms. The number of hydrogen-bond donors (Lipinski definition) is 0. The smallest absolute Gasteiger partial charge is 0.871 e. The largest absolute Gasteiger partial charge is 5.00 e. The zero-order valence-corrected chi connectivity index (χ0v) is 30.7. The first-order valence-corrected chi connectivity index (χ1v) is 14.6. The molecule has 18 nitrogen and oxygen atoms in total. The van der Waals surface area contributed by atoms with Gasteiger partial charge in [-0.15, -0.1) is 21.0 Å². The first-order valence-electron chi connectivity index (χ1n) is 14.6. The Bertz CT molecular complexity index is 2320. The monoisotopic (exact) mass is 772 g/mol. The van der Waals surface area contributed by atoms with Gasteiger partial charge >= 0.3 is 17.4 Å². The van der Waals surface area contributed by atoms with E-state index in [1.807, 2.05) is 12.1 Å². The standard InChI is InChI=1S/C17H15N5O3.C16H13N5O4.2CH3.Cr.H2O/c1-11-8-9-14(22(24)25)10-15(11)18-19-16-12(2)20-21(17(16)23)13-6-4-3-5-7-13;1-10-15(16(23)20(19-10)11-5-3-2-4-6-11)18-17-13-9-12(21(24)25)7-8-14(13)22;;;;/h3-10H,1-2H3,(H,18,20,23);2-9,22-23H,1H3;2*1H3;;1H2/q;;2*-1;+5;/p-4. The summed E-state index contributed by atoms with van der Waals surface area (Å²) in [5.41, 5.74) is 2.10. The maximum Gasteiger partial charge on any atom is 5.00 e. The number of hydrogen-bond acceptors (Lipinski definition) is 13. The summed E-state index contributed by atoms with van der Waals surface area (Å²) in [6.07, 6.45) is 0. The number of non-ortho nitro benzene ring substituents is 2. The van der Waals surface area contributed by atoms with Crippen LogP contribution in [0.25, 0.3) is 11.4 Å². The second-order valence-corrected chi connectivity index (χ2v) is 10.5. The van der Waals surface area contributed by atoms with Crippen LogP contribution in [-0.4, -0.2) is 29.8 Å². The summed E-state index contributed by atoms with van der Waals surface area (Å²) in [6, 6.07) is 25.2. The number of nitro benzene ring substituents is 2. The Morgan fingerprint density at radius 1 is 0.685 bits per heavy atom. The molecule has 0 amide bonds. The molecule has 1 radical (unpaired) electrons. The fourth-order valence-corrected chi connectivity index (χ4v) is 4.44. The summed E-state index contributed by atoms with van der Waals surface area (Å²) in [4.78, 5) is 33.0. The van der Waals surface area contributed by atoms with E-state index in [0.717, 1.165) is 23.8 Å². The summed E-state index contributed by atoms with van der Waals surface area (Å²) in [6.45, 7) is 5.01. The van der Waals surface area contributed by atoms with Crippen molar-refractivity contribution in [2.24, 2.45) is 20.5 Å². The minimum Gasteiger partial charge on any atom is -0.871 e. The first-order chi connectivity index (χ1) is 23.9. The summed E-state index contributed by atoms with van der Waals surface area (Å²) in [5.74, 6) is -1.03. The zero-order valence-electron chi connectivity index (χ0n) is 29.4. The maximum absolute atomic E-state index is 12.5. The SMILES string of the molecule is Cc1ccc([N+](=O)[O-])cc1N=Nc1c(C)[n-]n(-c2ccccc2)c1=O.Cc1nn(-c2ccccc2)c([O-])c1N=Nc1cc([N+](=O)[O-])ccc1[O-].[CH3-].[CH3-].[Cr+5].[OH-]. The minimum atomic E-state index is -0.643. The number of nitrogens with zero attached hydrogens (tertiary/aromatic N) is 10. The third-order valence-corrected chi connectivity index (χ3v) is 7.05. The van der Waals surface area contributed by atoms with Crippen LogP contribution in [0.15, 0.2) is 122 Å². The fraction of sp³-hybridized carbons (Fsp3) is 0.0857. The molecular weight excluding hydrogens is 740 g/mol. The molecule has 0 saturated carbocycles. The van der Waals surface area contributed by atoms with Crippen molar-refractivity contribution in [1.82, 2.24) is 19.6 Å². The van der Waals surface area contributed by atoms with E-state index in [1.165, 1.54) is 21.5 Å². The molecule has 0 aliphatic carbocycles. The van der Waals surface area contributed by atoms with Gasteiger partial charge in [0.05, 0.1) is 32.6 Å². The number of nitro groups is 2. The molecule has 4 aromatic carbocycles. The van der Waals surface area contributed by atoms with Crippen molar-refractivity contribution in [2.45, 2.75) is 20.8 Å². The zero-order chi connectivity index (χ0) is 35.9. The van der Waals surface area contributed by atoms with Crippen LogP contribution < -0.4 is 20.9 Å². The van der Waals surface area contributed by atoms with E-state index in [-0.39, 0.29) is 66.1 Å². The van der Waals surface area contributed by atoms with Crippen LogP contribution in [0.4, 0.5) is 34.1 Å². The predicted molar refractivity (Wildman–Crippen MR) is 191 cm³/mol. The topological polar surface area (TPSA) is 266 Å². The second kappa shape index (κ2) is 19.7. The van der Waals surface area contributed by atoms with Crippen LogP contribution in [0.5, 0.6) is 11.6 Å². The van der Waals surface area contributed by atoms with E-state index in [0.29, 0.717) is 28.5 Å². The molecule has 1 N–H and O–H groups in total. The molecule has 0 bridgehead atoms. The molecule has 0 saturated heterocycles. The Kier molecular flexibility index (Phi) is 16.5. The summed E-state index contributed by atoms with van der Waals surface area (Å²) in [7, 11) is 0. The van der Waals surface area contributed by atoms with Crippen molar-refractivity contribution in [1.29, 1.82) is 0 Å². The fourth-order valence-electron chi connectivity index (χ4n) is 4.44. The van der Waals surface area contributed by atoms with Crippen molar-refractivity contribution in [3.8, 4) is 23.0 Å². The summed E-state index contributed by atoms with van der Waals surface area (Å²) < 4.78 is 2.43. The molecule has 0 atom stereocenters. The molecule has 2 heterocycles. The van der Waals surface area contributed by atoms with E-state index in [2.05, 4.69) is 30.7 Å². The molecule has 2 aromatic heterocycles. The minimum absolute atomic E-state index is 0. The number of azo groups is 2. The molecule has 54 heavy (non-hydrogen) atoms. The molecule has 6 aromatic rings. The molecule has 0 spiro atoms. The average molecular weight is 773 g/mol. The average Bonchev–Trinajstić information content (AvgIpc) is 3.56. The van der Waals surface area contributed by atoms with Crippen LogP contribution in [0, 0.1) is 55.9 Å². The van der Waals surface area contributed by atoms with E-state index in [9.17, 15) is 35.2 Å². The van der Waals surface area contributed by atoms with Gasteiger partial charge in [0.2, 0.25) is 0 Å². The third-order valence-electron chi connectivity index (χ3n) is 7.05. The Balaban J connectivity index is 0.000000503. The van der Waals surface area contributed by atoms with Gasteiger partial charge in [-0.05, 0) is 43.7 Å².